The van der Waals surface area contributed by atoms with E-state index < -0.39 is 28.6 Å². The van der Waals surface area contributed by atoms with Gasteiger partial charge in [-0.1, -0.05) is 71.1 Å². The van der Waals surface area contributed by atoms with Crippen molar-refractivity contribution in [3.05, 3.63) is 0 Å². The van der Waals surface area contributed by atoms with Gasteiger partial charge in [-0.3, -0.25) is 0 Å². The van der Waals surface area contributed by atoms with Crippen molar-refractivity contribution in [2.24, 2.45) is 0 Å². The molecule has 0 bridgehead atoms. The van der Waals surface area contributed by atoms with Gasteiger partial charge in [0.1, 0.15) is 5.78 Å². The van der Waals surface area contributed by atoms with E-state index in [0.29, 0.717) is 0 Å². The van der Waals surface area contributed by atoms with E-state index in [1.807, 2.05) is 0 Å². The van der Waals surface area contributed by atoms with Crippen molar-refractivity contribution in [3.63, 3.8) is 0 Å². The van der Waals surface area contributed by atoms with Gasteiger partial charge in [-0.2, -0.15) is 11.2 Å². The standard InChI is InChI=1S/C11H30S2Si4/c1-11(12)13-17(14(2,3)4,15(5,6)7)16(8,9)10/h1-10H3. The second-order valence-electron chi connectivity index (χ2n) is 8.02. The number of thiocarbonyl (C=S) groups is 1. The van der Waals surface area contributed by atoms with Crippen LogP contribution >= 0.6 is 23.4 Å². The molecule has 0 rings (SSSR count). The Morgan fingerprint density at radius 1 is 0.706 bits per heavy atom. The van der Waals surface area contributed by atoms with Crippen molar-refractivity contribution in [2.75, 3.05) is 0 Å². The molecule has 0 aliphatic rings. The molecule has 6 heteroatoms. The summed E-state index contributed by atoms with van der Waals surface area (Å²) in [6.45, 7) is 25.7. The molecule has 0 aliphatic heterocycles. The van der Waals surface area contributed by atoms with E-state index in [1.165, 1.54) is 4.20 Å². The highest BCUT2D eigenvalue weighted by atomic mass is 32.4. The molecule has 0 atom stereocenters. The molecule has 0 N–H and O–H groups in total. The Hall–Kier alpha value is 1.31. The van der Waals surface area contributed by atoms with Gasteiger partial charge in [0.25, 0.3) is 0 Å². The molecule has 0 spiro atoms. The van der Waals surface area contributed by atoms with E-state index in [9.17, 15) is 0 Å². The van der Waals surface area contributed by atoms with Crippen LogP contribution in [0.2, 0.25) is 58.9 Å². The van der Waals surface area contributed by atoms with Crippen LogP contribution in [-0.2, 0) is 0 Å². The van der Waals surface area contributed by atoms with Gasteiger partial charge in [-0.25, -0.2) is 0 Å². The van der Waals surface area contributed by atoms with E-state index in [0.717, 1.165) is 0 Å². The Kier molecular flexibility index (Phi) is 5.77. The molecular weight excluding hydrogens is 309 g/mol. The Labute approximate surface area is 121 Å². The first-order valence-electron chi connectivity index (χ1n) is 6.36. The van der Waals surface area contributed by atoms with Crippen LogP contribution in [0.3, 0.4) is 0 Å². The lowest BCUT2D eigenvalue weighted by molar-refractivity contribution is 1.76. The summed E-state index contributed by atoms with van der Waals surface area (Å²) in [5.74, 6) is -1.27. The molecule has 0 aromatic carbocycles. The molecular formula is C11H30S2Si4. The summed E-state index contributed by atoms with van der Waals surface area (Å²) in [5.41, 5.74) is 0. The largest absolute Gasteiger partial charge is 0.154 e. The van der Waals surface area contributed by atoms with Crippen LogP contribution in [-0.4, -0.2) is 32.7 Å². The third-order valence-electron chi connectivity index (χ3n) is 3.47. The van der Waals surface area contributed by atoms with Crippen molar-refractivity contribution in [2.45, 2.75) is 65.8 Å². The maximum absolute atomic E-state index is 5.51. The van der Waals surface area contributed by atoms with Crippen LogP contribution in [0.5, 0.6) is 0 Å². The summed E-state index contributed by atoms with van der Waals surface area (Å²) in [6, 6.07) is 0. The summed E-state index contributed by atoms with van der Waals surface area (Å²) in [4.78, 5) is 0. The maximum Gasteiger partial charge on any atom is 0.101 e. The quantitative estimate of drug-likeness (QED) is 0.506. The van der Waals surface area contributed by atoms with Gasteiger partial charge in [0.2, 0.25) is 0 Å². The Balaban J connectivity index is 6.02. The fourth-order valence-corrected chi connectivity index (χ4v) is 113. The van der Waals surface area contributed by atoms with Crippen LogP contribution in [0.4, 0.5) is 0 Å². The van der Waals surface area contributed by atoms with Crippen molar-refractivity contribution in [1.82, 2.24) is 0 Å². The first-order valence-corrected chi connectivity index (χ1v) is 23.8. The summed E-state index contributed by atoms with van der Waals surface area (Å²) < 4.78 is 1.21. The van der Waals surface area contributed by atoms with Gasteiger partial charge in [0.05, 0.1) is 0 Å². The molecule has 0 unspecified atom stereocenters. The monoisotopic (exact) mass is 338 g/mol. The zero-order valence-electron chi connectivity index (χ0n) is 13.3. The fraction of sp³-hybridized carbons (Fsp3) is 0.909. The predicted octanol–water partition coefficient (Wildman–Crippen LogP) is 5.26. The molecule has 0 heterocycles. The molecule has 0 aliphatic carbocycles. The van der Waals surface area contributed by atoms with Gasteiger partial charge in [-0.05, 0) is 6.92 Å². The molecule has 0 aromatic rings. The van der Waals surface area contributed by atoms with E-state index in [4.69, 9.17) is 12.2 Å². The molecule has 17 heavy (non-hydrogen) atoms. The summed E-state index contributed by atoms with van der Waals surface area (Å²) >= 11 is 7.74. The number of hydrogen-bond donors (Lipinski definition) is 0. The van der Waals surface area contributed by atoms with Crippen LogP contribution in [0.25, 0.3) is 0 Å². The van der Waals surface area contributed by atoms with Crippen molar-refractivity contribution >= 4 is 56.2 Å². The Morgan fingerprint density at radius 3 is 1.00 bits per heavy atom. The second-order valence-corrected chi connectivity index (χ2v) is 55.0. The highest BCUT2D eigenvalue weighted by molar-refractivity contribution is 8.59. The topological polar surface area (TPSA) is 0 Å². The van der Waals surface area contributed by atoms with Crippen molar-refractivity contribution < 1.29 is 0 Å². The van der Waals surface area contributed by atoms with Gasteiger partial charge < -0.3 is 0 Å². The lowest BCUT2D eigenvalue weighted by atomic mass is 11.0. The van der Waals surface area contributed by atoms with Crippen LogP contribution in [0.15, 0.2) is 0 Å². The van der Waals surface area contributed by atoms with Gasteiger partial charge >= 0.3 is 0 Å². The molecule has 0 radical (unpaired) electrons. The zero-order chi connectivity index (χ0) is 14.3. The molecule has 0 saturated heterocycles. The van der Waals surface area contributed by atoms with E-state index in [2.05, 4.69) is 77.1 Å². The normalized spacial score (nSPS) is 14.9. The van der Waals surface area contributed by atoms with Gasteiger partial charge in [-0.15, -0.1) is 0 Å². The highest BCUT2D eigenvalue weighted by Crippen LogP contribution is 2.45. The summed E-state index contributed by atoms with van der Waals surface area (Å²) in [7, 11) is -3.40. The molecule has 0 saturated carbocycles. The predicted molar refractivity (Wildman–Crippen MR) is 102 cm³/mol. The minimum atomic E-state index is -1.27. The fourth-order valence-electron chi connectivity index (χ4n) is 4.05. The SMILES string of the molecule is CC(=S)S[Si]([Si](C)(C)C)([Si](C)(C)C)[Si](C)(C)C. The van der Waals surface area contributed by atoms with Crippen molar-refractivity contribution in [3.8, 4) is 0 Å². The van der Waals surface area contributed by atoms with E-state index in [-0.39, 0.29) is 0 Å². The number of rotatable bonds is 4. The zero-order valence-corrected chi connectivity index (χ0v) is 18.9. The third-order valence-corrected chi connectivity index (χ3v) is 91.7. The maximum atomic E-state index is 5.51. The lowest BCUT2D eigenvalue weighted by Crippen LogP contribution is -2.81. The summed E-state index contributed by atoms with van der Waals surface area (Å²) in [6.07, 6.45) is 0. The molecule has 0 amide bonds. The van der Waals surface area contributed by atoms with Crippen LogP contribution in [0, 0.1) is 0 Å². The average molecular weight is 339 g/mol. The van der Waals surface area contributed by atoms with Crippen molar-refractivity contribution in [1.29, 1.82) is 0 Å². The van der Waals surface area contributed by atoms with E-state index in [1.54, 1.807) is 0 Å². The van der Waals surface area contributed by atoms with Crippen LogP contribution in [0.1, 0.15) is 6.92 Å². The molecule has 0 nitrogen and oxygen atoms in total. The van der Waals surface area contributed by atoms with Gasteiger partial charge in [0.15, 0.2) is 0 Å². The average Bonchev–Trinajstić information content (AvgIpc) is 1.91. The Morgan fingerprint density at radius 2 is 0.941 bits per heavy atom. The van der Waals surface area contributed by atoms with Crippen LogP contribution < -0.4 is 0 Å². The number of hydrogen-bond acceptors (Lipinski definition) is 2. The second kappa shape index (κ2) is 5.36. The highest BCUT2D eigenvalue weighted by Gasteiger charge is 2.62. The molecule has 0 fully saturated rings. The Bertz CT molecular complexity index is 258. The minimum Gasteiger partial charge on any atom is -0.154 e. The van der Waals surface area contributed by atoms with Gasteiger partial charge in [0, 0.05) is 27.0 Å². The first-order chi connectivity index (χ1) is 7.17. The molecule has 102 valence electrons. The minimum absolute atomic E-state index is 1.13. The third kappa shape index (κ3) is 3.66. The smallest absolute Gasteiger partial charge is 0.101 e. The first kappa shape index (κ1) is 18.3. The van der Waals surface area contributed by atoms with E-state index >= 15 is 0 Å². The molecule has 0 aromatic heterocycles. The summed E-state index contributed by atoms with van der Waals surface area (Å²) in [5, 5.41) is 0. The lowest BCUT2D eigenvalue weighted by Gasteiger charge is -2.56.